The third kappa shape index (κ3) is 3.53. The first-order valence-electron chi connectivity index (χ1n) is 6.65. The molecule has 1 N–H and O–H groups in total. The molecular weight excluding hydrogens is 242 g/mol. The molecule has 0 radical (unpaired) electrons. The van der Waals surface area contributed by atoms with Crippen molar-refractivity contribution in [3.63, 3.8) is 0 Å². The molecule has 0 aliphatic carbocycles. The first-order chi connectivity index (χ1) is 9.20. The van der Waals surface area contributed by atoms with Gasteiger partial charge >= 0.3 is 0 Å². The largest absolute Gasteiger partial charge is 0.355 e. The molecule has 0 spiro atoms. The summed E-state index contributed by atoms with van der Waals surface area (Å²) in [4.78, 5) is 29.3. The molecule has 1 unspecified atom stereocenters. The van der Waals surface area contributed by atoms with Crippen LogP contribution >= 0.6 is 0 Å². The van der Waals surface area contributed by atoms with Gasteiger partial charge in [-0.05, 0) is 31.0 Å². The molecule has 1 atom stereocenters. The van der Waals surface area contributed by atoms with Crippen LogP contribution in [0.5, 0.6) is 0 Å². The van der Waals surface area contributed by atoms with E-state index >= 15 is 0 Å². The molecule has 0 saturated carbocycles. The van der Waals surface area contributed by atoms with Gasteiger partial charge in [-0.1, -0.05) is 0 Å². The molecule has 1 aliphatic rings. The lowest BCUT2D eigenvalue weighted by atomic mass is 9.97. The number of rotatable bonds is 4. The van der Waals surface area contributed by atoms with Gasteiger partial charge in [0.2, 0.25) is 11.8 Å². The lowest BCUT2D eigenvalue weighted by Crippen LogP contribution is -2.44. The second-order valence-corrected chi connectivity index (χ2v) is 4.75. The van der Waals surface area contributed by atoms with Gasteiger partial charge in [0.05, 0.1) is 5.92 Å². The highest BCUT2D eigenvalue weighted by atomic mass is 16.2. The number of hydrogen-bond acceptors (Lipinski definition) is 3. The quantitative estimate of drug-likeness (QED) is 0.878. The van der Waals surface area contributed by atoms with Crippen LogP contribution in [0.25, 0.3) is 0 Å². The van der Waals surface area contributed by atoms with Gasteiger partial charge in [-0.3, -0.25) is 14.6 Å². The number of aromatic nitrogens is 1. The maximum Gasteiger partial charge on any atom is 0.227 e. The van der Waals surface area contributed by atoms with E-state index in [9.17, 15) is 9.59 Å². The first-order valence-corrected chi connectivity index (χ1v) is 6.65. The van der Waals surface area contributed by atoms with Crippen LogP contribution in [0.4, 0.5) is 0 Å². The molecule has 2 heterocycles. The van der Waals surface area contributed by atoms with Gasteiger partial charge in [0.15, 0.2) is 0 Å². The summed E-state index contributed by atoms with van der Waals surface area (Å²) in [7, 11) is 0. The molecule has 2 amide bonds. The second-order valence-electron chi connectivity index (χ2n) is 4.75. The Morgan fingerprint density at radius 1 is 1.47 bits per heavy atom. The van der Waals surface area contributed by atoms with Gasteiger partial charge in [0, 0.05) is 38.4 Å². The zero-order valence-corrected chi connectivity index (χ0v) is 11.1. The van der Waals surface area contributed by atoms with Crippen LogP contribution in [0.3, 0.4) is 0 Å². The fraction of sp³-hybridized carbons (Fsp3) is 0.500. The number of pyridine rings is 1. The Labute approximate surface area is 113 Å². The average Bonchev–Trinajstić information content (AvgIpc) is 2.46. The van der Waals surface area contributed by atoms with Crippen LogP contribution in [0, 0.1) is 5.92 Å². The maximum atomic E-state index is 12.4. The van der Waals surface area contributed by atoms with Crippen LogP contribution < -0.4 is 5.32 Å². The topological polar surface area (TPSA) is 62.3 Å². The Bertz CT molecular complexity index is 437. The highest BCUT2D eigenvalue weighted by molar-refractivity contribution is 5.83. The summed E-state index contributed by atoms with van der Waals surface area (Å²) in [6.45, 7) is 3.71. The van der Waals surface area contributed by atoms with Crippen molar-refractivity contribution in [3.05, 3.63) is 30.1 Å². The van der Waals surface area contributed by atoms with E-state index in [2.05, 4.69) is 10.3 Å². The second kappa shape index (κ2) is 6.31. The number of carbonyl (C=O) groups excluding carboxylic acids is 2. The minimum Gasteiger partial charge on any atom is -0.355 e. The lowest BCUT2D eigenvalue weighted by Gasteiger charge is -2.28. The van der Waals surface area contributed by atoms with Crippen molar-refractivity contribution in [2.24, 2.45) is 5.92 Å². The molecule has 102 valence electrons. The van der Waals surface area contributed by atoms with Crippen molar-refractivity contribution in [2.75, 3.05) is 13.1 Å². The summed E-state index contributed by atoms with van der Waals surface area (Å²) < 4.78 is 0. The summed E-state index contributed by atoms with van der Waals surface area (Å²) >= 11 is 0. The minimum atomic E-state index is -0.0838. The zero-order chi connectivity index (χ0) is 13.7. The predicted octanol–water partition coefficient (Wildman–Crippen LogP) is 0.956. The predicted molar refractivity (Wildman–Crippen MR) is 71.1 cm³/mol. The van der Waals surface area contributed by atoms with Gasteiger partial charge in [-0.15, -0.1) is 0 Å². The number of nitrogens with one attached hydrogen (secondary N) is 1. The van der Waals surface area contributed by atoms with Gasteiger partial charge in [-0.2, -0.15) is 0 Å². The zero-order valence-electron chi connectivity index (χ0n) is 11.1. The molecular formula is C14H19N3O2. The third-order valence-corrected chi connectivity index (χ3v) is 3.43. The van der Waals surface area contributed by atoms with Crippen LogP contribution in [-0.2, 0) is 16.1 Å². The van der Waals surface area contributed by atoms with Gasteiger partial charge < -0.3 is 10.2 Å². The average molecular weight is 261 g/mol. The Morgan fingerprint density at radius 3 is 2.79 bits per heavy atom. The van der Waals surface area contributed by atoms with Crippen LogP contribution in [-0.4, -0.2) is 34.8 Å². The summed E-state index contributed by atoms with van der Waals surface area (Å²) in [6, 6.07) is 3.83. The molecule has 0 bridgehead atoms. The van der Waals surface area contributed by atoms with Crippen molar-refractivity contribution in [1.29, 1.82) is 0 Å². The van der Waals surface area contributed by atoms with Crippen molar-refractivity contribution in [2.45, 2.75) is 26.3 Å². The monoisotopic (exact) mass is 261 g/mol. The van der Waals surface area contributed by atoms with Crippen LogP contribution in [0.2, 0.25) is 0 Å². The van der Waals surface area contributed by atoms with E-state index in [4.69, 9.17) is 0 Å². The molecule has 2 rings (SSSR count). The van der Waals surface area contributed by atoms with E-state index in [1.165, 1.54) is 0 Å². The van der Waals surface area contributed by atoms with Crippen molar-refractivity contribution >= 4 is 11.8 Å². The van der Waals surface area contributed by atoms with Crippen molar-refractivity contribution in [1.82, 2.24) is 15.2 Å². The highest BCUT2D eigenvalue weighted by Crippen LogP contribution is 2.15. The van der Waals surface area contributed by atoms with E-state index in [1.54, 1.807) is 12.4 Å². The van der Waals surface area contributed by atoms with Crippen LogP contribution in [0.1, 0.15) is 25.3 Å². The molecule has 1 saturated heterocycles. The molecule has 19 heavy (non-hydrogen) atoms. The number of carbonyl (C=O) groups is 2. The number of amides is 2. The third-order valence-electron chi connectivity index (χ3n) is 3.43. The maximum absolute atomic E-state index is 12.4. The van der Waals surface area contributed by atoms with Crippen LogP contribution in [0.15, 0.2) is 24.5 Å². The van der Waals surface area contributed by atoms with E-state index in [-0.39, 0.29) is 17.7 Å². The Kier molecular flexibility index (Phi) is 4.49. The molecule has 0 aromatic carbocycles. The van der Waals surface area contributed by atoms with Crippen molar-refractivity contribution in [3.8, 4) is 0 Å². The Balaban J connectivity index is 1.97. The molecule has 1 aliphatic heterocycles. The highest BCUT2D eigenvalue weighted by Gasteiger charge is 2.27. The van der Waals surface area contributed by atoms with Crippen molar-refractivity contribution < 1.29 is 9.59 Å². The Morgan fingerprint density at radius 2 is 2.21 bits per heavy atom. The lowest BCUT2D eigenvalue weighted by molar-refractivity contribution is -0.137. The molecule has 1 aromatic heterocycles. The van der Waals surface area contributed by atoms with E-state index in [1.807, 2.05) is 24.0 Å². The standard InChI is InChI=1S/C14H19N3O2/c1-2-17(10-11-5-7-15-8-6-11)14(19)12-3-4-13(18)16-9-12/h5-8,12H,2-4,9-10H2,1H3,(H,16,18). The summed E-state index contributed by atoms with van der Waals surface area (Å²) in [5.41, 5.74) is 1.07. The summed E-state index contributed by atoms with van der Waals surface area (Å²) in [5, 5.41) is 2.76. The first kappa shape index (κ1) is 13.5. The number of hydrogen-bond donors (Lipinski definition) is 1. The number of nitrogens with zero attached hydrogens (tertiary/aromatic N) is 2. The SMILES string of the molecule is CCN(Cc1ccncc1)C(=O)C1CCC(=O)NC1. The fourth-order valence-electron chi connectivity index (χ4n) is 2.26. The fourth-order valence-corrected chi connectivity index (χ4v) is 2.26. The molecule has 1 fully saturated rings. The Hall–Kier alpha value is -1.91. The number of piperidine rings is 1. The summed E-state index contributed by atoms with van der Waals surface area (Å²) in [5.74, 6) is 0.0834. The summed E-state index contributed by atoms with van der Waals surface area (Å²) in [6.07, 6.45) is 4.56. The van der Waals surface area contributed by atoms with Gasteiger partial charge in [0.25, 0.3) is 0 Å². The molecule has 5 heteroatoms. The van der Waals surface area contributed by atoms with E-state index in [0.717, 1.165) is 5.56 Å². The minimum absolute atomic E-state index is 0.0428. The van der Waals surface area contributed by atoms with Gasteiger partial charge in [-0.25, -0.2) is 0 Å². The normalized spacial score (nSPS) is 18.8. The van der Waals surface area contributed by atoms with Gasteiger partial charge in [0.1, 0.15) is 0 Å². The molecule has 1 aromatic rings. The smallest absolute Gasteiger partial charge is 0.227 e. The molecule has 5 nitrogen and oxygen atoms in total. The van der Waals surface area contributed by atoms with E-state index in [0.29, 0.717) is 32.5 Å². The van der Waals surface area contributed by atoms with E-state index < -0.39 is 0 Å².